The Hall–Kier alpha value is -1.02. The van der Waals surface area contributed by atoms with Crippen molar-refractivity contribution in [2.75, 3.05) is 24.5 Å². The average molecular weight is 244 g/mol. The molecule has 1 heterocycles. The molecule has 2 nitrogen and oxygen atoms in total. The van der Waals surface area contributed by atoms with Gasteiger partial charge in [-0.3, -0.25) is 0 Å². The summed E-state index contributed by atoms with van der Waals surface area (Å²) in [5.41, 5.74) is 3.25. The Kier molecular flexibility index (Phi) is 3.29. The molecule has 1 aromatic rings. The highest BCUT2D eigenvalue weighted by molar-refractivity contribution is 5.53. The minimum absolute atomic E-state index is 0.402. The summed E-state index contributed by atoms with van der Waals surface area (Å²) < 4.78 is 0. The van der Waals surface area contributed by atoms with Crippen LogP contribution in [0.25, 0.3) is 0 Å². The number of nitrogens with one attached hydrogen (secondary N) is 1. The predicted octanol–water partition coefficient (Wildman–Crippen LogP) is 3.11. The molecule has 1 saturated heterocycles. The molecule has 2 fully saturated rings. The fraction of sp³-hybridized carbons (Fsp3) is 0.625. The smallest absolute Gasteiger partial charge is 0.0396 e. The number of hydrogen-bond acceptors (Lipinski definition) is 2. The first-order chi connectivity index (χ1) is 8.79. The second-order valence-electron chi connectivity index (χ2n) is 5.98. The van der Waals surface area contributed by atoms with E-state index in [1.54, 1.807) is 0 Å². The van der Waals surface area contributed by atoms with E-state index in [1.165, 1.54) is 63.0 Å². The monoisotopic (exact) mass is 244 g/mol. The first-order valence-electron chi connectivity index (χ1n) is 7.35. The van der Waals surface area contributed by atoms with E-state index in [0.29, 0.717) is 5.54 Å². The van der Waals surface area contributed by atoms with Crippen molar-refractivity contribution in [1.29, 1.82) is 0 Å². The Morgan fingerprint density at radius 3 is 2.67 bits per heavy atom. The number of aryl methyl sites for hydroxylation is 1. The maximum atomic E-state index is 3.83. The maximum absolute atomic E-state index is 3.83. The van der Waals surface area contributed by atoms with E-state index in [1.807, 2.05) is 0 Å². The van der Waals surface area contributed by atoms with Gasteiger partial charge in [0.05, 0.1) is 0 Å². The molecule has 1 spiro atoms. The Morgan fingerprint density at radius 1 is 1.11 bits per heavy atom. The van der Waals surface area contributed by atoms with Gasteiger partial charge >= 0.3 is 0 Å². The lowest BCUT2D eigenvalue weighted by Gasteiger charge is -2.35. The SMILES string of the molecule is Cc1ccccc1N1CCCNC2(CCCC2)C1. The molecule has 1 saturated carbocycles. The van der Waals surface area contributed by atoms with Crippen molar-refractivity contribution in [1.82, 2.24) is 5.32 Å². The van der Waals surface area contributed by atoms with Crippen LogP contribution in [0.1, 0.15) is 37.7 Å². The van der Waals surface area contributed by atoms with Crippen LogP contribution in [-0.4, -0.2) is 25.2 Å². The Balaban J connectivity index is 1.85. The van der Waals surface area contributed by atoms with Crippen LogP contribution in [0.5, 0.6) is 0 Å². The third-order valence-electron chi connectivity index (χ3n) is 4.62. The number of benzene rings is 1. The summed E-state index contributed by atoms with van der Waals surface area (Å²) in [4.78, 5) is 2.61. The maximum Gasteiger partial charge on any atom is 0.0396 e. The lowest BCUT2D eigenvalue weighted by atomic mass is 9.96. The standard InChI is InChI=1S/C16H24N2/c1-14-7-2-3-8-15(14)18-12-6-11-17-16(13-18)9-4-5-10-16/h2-3,7-8,17H,4-6,9-13H2,1H3. The normalized spacial score (nSPS) is 23.3. The summed E-state index contributed by atoms with van der Waals surface area (Å²) in [6, 6.07) is 8.82. The second kappa shape index (κ2) is 4.93. The highest BCUT2D eigenvalue weighted by Gasteiger charge is 2.36. The summed E-state index contributed by atoms with van der Waals surface area (Å²) in [6.45, 7) is 5.80. The molecule has 0 atom stereocenters. The van der Waals surface area contributed by atoms with Gasteiger partial charge in [-0.15, -0.1) is 0 Å². The Labute approximate surface area is 110 Å². The van der Waals surface area contributed by atoms with E-state index in [4.69, 9.17) is 0 Å². The van der Waals surface area contributed by atoms with Crippen molar-refractivity contribution in [2.24, 2.45) is 0 Å². The first kappa shape index (κ1) is 12.0. The molecule has 1 aliphatic carbocycles. The zero-order chi connectivity index (χ0) is 12.4. The van der Waals surface area contributed by atoms with E-state index in [2.05, 4.69) is 41.4 Å². The molecule has 2 heteroatoms. The topological polar surface area (TPSA) is 15.3 Å². The van der Waals surface area contributed by atoms with Gasteiger partial charge < -0.3 is 10.2 Å². The summed E-state index contributed by atoms with van der Waals surface area (Å²) in [6.07, 6.45) is 6.77. The fourth-order valence-corrected chi connectivity index (χ4v) is 3.63. The van der Waals surface area contributed by atoms with Gasteiger partial charge in [0, 0.05) is 24.3 Å². The van der Waals surface area contributed by atoms with Crippen LogP contribution < -0.4 is 10.2 Å². The molecule has 0 bridgehead atoms. The number of para-hydroxylation sites is 1. The molecule has 0 radical (unpaired) electrons. The minimum atomic E-state index is 0.402. The largest absolute Gasteiger partial charge is 0.369 e. The van der Waals surface area contributed by atoms with Crippen LogP contribution in [0, 0.1) is 6.92 Å². The van der Waals surface area contributed by atoms with E-state index >= 15 is 0 Å². The molecule has 18 heavy (non-hydrogen) atoms. The van der Waals surface area contributed by atoms with Gasteiger partial charge in [0.15, 0.2) is 0 Å². The van der Waals surface area contributed by atoms with E-state index < -0.39 is 0 Å². The van der Waals surface area contributed by atoms with Crippen LogP contribution in [0.3, 0.4) is 0 Å². The van der Waals surface area contributed by atoms with Crippen LogP contribution >= 0.6 is 0 Å². The molecule has 1 N–H and O–H groups in total. The molecule has 0 amide bonds. The quantitative estimate of drug-likeness (QED) is 0.816. The van der Waals surface area contributed by atoms with Gasteiger partial charge in [0.1, 0.15) is 0 Å². The zero-order valence-electron chi connectivity index (χ0n) is 11.4. The van der Waals surface area contributed by atoms with Gasteiger partial charge in [-0.05, 0) is 44.4 Å². The lowest BCUT2D eigenvalue weighted by molar-refractivity contribution is 0.354. The Morgan fingerprint density at radius 2 is 1.89 bits per heavy atom. The molecule has 0 aromatic heterocycles. The number of rotatable bonds is 1. The third-order valence-corrected chi connectivity index (χ3v) is 4.62. The second-order valence-corrected chi connectivity index (χ2v) is 5.98. The van der Waals surface area contributed by atoms with Crippen LogP contribution in [0.2, 0.25) is 0 Å². The summed E-state index contributed by atoms with van der Waals surface area (Å²) in [5, 5.41) is 3.83. The first-order valence-corrected chi connectivity index (χ1v) is 7.35. The number of anilines is 1. The molecule has 2 aliphatic rings. The third kappa shape index (κ3) is 2.26. The van der Waals surface area contributed by atoms with E-state index in [-0.39, 0.29) is 0 Å². The highest BCUT2D eigenvalue weighted by atomic mass is 15.2. The number of nitrogens with zero attached hydrogens (tertiary/aromatic N) is 1. The predicted molar refractivity (Wildman–Crippen MR) is 77.2 cm³/mol. The van der Waals surface area contributed by atoms with Crippen molar-refractivity contribution in [3.8, 4) is 0 Å². The molecule has 3 rings (SSSR count). The summed E-state index contributed by atoms with van der Waals surface area (Å²) in [7, 11) is 0. The fourth-order valence-electron chi connectivity index (χ4n) is 3.63. The molecular formula is C16H24N2. The van der Waals surface area contributed by atoms with Crippen molar-refractivity contribution in [2.45, 2.75) is 44.6 Å². The Bertz CT molecular complexity index is 407. The zero-order valence-corrected chi connectivity index (χ0v) is 11.4. The van der Waals surface area contributed by atoms with Crippen molar-refractivity contribution < 1.29 is 0 Å². The molecule has 98 valence electrons. The van der Waals surface area contributed by atoms with E-state index in [9.17, 15) is 0 Å². The van der Waals surface area contributed by atoms with Gasteiger partial charge in [-0.25, -0.2) is 0 Å². The lowest BCUT2D eigenvalue weighted by Crippen LogP contribution is -2.49. The molecule has 1 aromatic carbocycles. The van der Waals surface area contributed by atoms with Crippen molar-refractivity contribution >= 4 is 5.69 Å². The molecule has 1 aliphatic heterocycles. The van der Waals surface area contributed by atoms with Crippen LogP contribution in [0.4, 0.5) is 5.69 Å². The highest BCUT2D eigenvalue weighted by Crippen LogP contribution is 2.33. The molecule has 0 unspecified atom stereocenters. The van der Waals surface area contributed by atoms with Crippen LogP contribution in [0.15, 0.2) is 24.3 Å². The van der Waals surface area contributed by atoms with Crippen molar-refractivity contribution in [3.05, 3.63) is 29.8 Å². The van der Waals surface area contributed by atoms with Gasteiger partial charge in [0.25, 0.3) is 0 Å². The van der Waals surface area contributed by atoms with Gasteiger partial charge in [-0.2, -0.15) is 0 Å². The average Bonchev–Trinajstić information content (AvgIpc) is 2.72. The summed E-state index contributed by atoms with van der Waals surface area (Å²) in [5.74, 6) is 0. The number of hydrogen-bond donors (Lipinski definition) is 1. The van der Waals surface area contributed by atoms with Gasteiger partial charge in [-0.1, -0.05) is 31.0 Å². The molecular weight excluding hydrogens is 220 g/mol. The summed E-state index contributed by atoms with van der Waals surface area (Å²) >= 11 is 0. The van der Waals surface area contributed by atoms with Crippen LogP contribution in [-0.2, 0) is 0 Å². The van der Waals surface area contributed by atoms with Gasteiger partial charge in [0.2, 0.25) is 0 Å². The minimum Gasteiger partial charge on any atom is -0.369 e. The van der Waals surface area contributed by atoms with E-state index in [0.717, 1.165) is 0 Å². The van der Waals surface area contributed by atoms with Crippen molar-refractivity contribution in [3.63, 3.8) is 0 Å².